The number of ether oxygens (including phenoxy) is 2. The first-order valence-corrected chi connectivity index (χ1v) is 8.22. The van der Waals surface area contributed by atoms with Crippen LogP contribution in [0, 0.1) is 6.92 Å². The van der Waals surface area contributed by atoms with E-state index in [0.717, 1.165) is 50.5 Å². The Morgan fingerprint density at radius 3 is 3.23 bits per heavy atom. The zero-order valence-corrected chi connectivity index (χ0v) is 13.2. The molecule has 124 valence electrons. The predicted octanol–water partition coefficient (Wildman–Crippen LogP) is 0.0474. The Kier molecular flexibility index (Phi) is 5.41. The van der Waals surface area contributed by atoms with Crippen LogP contribution in [0.3, 0.4) is 0 Å². The second kappa shape index (κ2) is 7.50. The van der Waals surface area contributed by atoms with Crippen LogP contribution in [-0.2, 0) is 22.4 Å². The number of aliphatic hydroxyl groups excluding tert-OH is 1. The molecule has 0 unspecified atom stereocenters. The monoisotopic (exact) mass is 310 g/mol. The average molecular weight is 310 g/mol. The highest BCUT2D eigenvalue weighted by atomic mass is 16.5. The molecule has 1 aromatic rings. The number of aryl methyl sites for hydroxylation is 2. The molecule has 0 amide bonds. The van der Waals surface area contributed by atoms with Crippen molar-refractivity contribution in [2.75, 3.05) is 26.4 Å². The van der Waals surface area contributed by atoms with Gasteiger partial charge in [-0.25, -0.2) is 9.67 Å². The minimum Gasteiger partial charge on any atom is -0.389 e. The summed E-state index contributed by atoms with van der Waals surface area (Å²) in [6.07, 6.45) is 3.87. The molecule has 0 aliphatic carbocycles. The molecule has 0 saturated carbocycles. The molecule has 0 spiro atoms. The fourth-order valence-electron chi connectivity index (χ4n) is 3.07. The topological polar surface area (TPSA) is 81.4 Å². The summed E-state index contributed by atoms with van der Waals surface area (Å²) < 4.78 is 13.0. The van der Waals surface area contributed by atoms with Gasteiger partial charge in [-0.2, -0.15) is 5.10 Å². The Morgan fingerprint density at radius 1 is 1.50 bits per heavy atom. The molecule has 1 saturated heterocycles. The van der Waals surface area contributed by atoms with E-state index in [1.165, 1.54) is 0 Å². The summed E-state index contributed by atoms with van der Waals surface area (Å²) >= 11 is 0. The van der Waals surface area contributed by atoms with E-state index >= 15 is 0 Å². The molecule has 2 N–H and O–H groups in total. The third-order valence-electron chi connectivity index (χ3n) is 4.24. The zero-order chi connectivity index (χ0) is 15.4. The van der Waals surface area contributed by atoms with Crippen molar-refractivity contribution in [2.45, 2.75) is 57.4 Å². The van der Waals surface area contributed by atoms with E-state index in [2.05, 4.69) is 15.4 Å². The van der Waals surface area contributed by atoms with Crippen molar-refractivity contribution >= 4 is 0 Å². The van der Waals surface area contributed by atoms with Crippen molar-refractivity contribution in [3.05, 3.63) is 11.6 Å². The van der Waals surface area contributed by atoms with Gasteiger partial charge >= 0.3 is 0 Å². The maximum atomic E-state index is 9.99. The van der Waals surface area contributed by atoms with E-state index in [1.807, 2.05) is 11.6 Å². The zero-order valence-electron chi connectivity index (χ0n) is 13.2. The fraction of sp³-hybridized carbons (Fsp3) is 0.867. The first kappa shape index (κ1) is 15.9. The van der Waals surface area contributed by atoms with Crippen LogP contribution < -0.4 is 5.32 Å². The van der Waals surface area contributed by atoms with E-state index in [0.29, 0.717) is 25.8 Å². The number of fused-ring (bicyclic) bond motifs is 1. The largest absolute Gasteiger partial charge is 0.389 e. The van der Waals surface area contributed by atoms with Gasteiger partial charge in [0, 0.05) is 25.6 Å². The lowest BCUT2D eigenvalue weighted by Crippen LogP contribution is -2.42. The Morgan fingerprint density at radius 2 is 2.41 bits per heavy atom. The Bertz CT molecular complexity index is 473. The van der Waals surface area contributed by atoms with Gasteiger partial charge in [-0.05, 0) is 26.2 Å². The van der Waals surface area contributed by atoms with Crippen molar-refractivity contribution in [1.82, 2.24) is 20.1 Å². The van der Waals surface area contributed by atoms with E-state index < -0.39 is 6.10 Å². The van der Waals surface area contributed by atoms with Crippen molar-refractivity contribution in [2.24, 2.45) is 0 Å². The van der Waals surface area contributed by atoms with Crippen molar-refractivity contribution in [3.63, 3.8) is 0 Å². The Hall–Kier alpha value is -1.02. The normalized spacial score (nSPS) is 26.1. The van der Waals surface area contributed by atoms with Crippen LogP contribution in [-0.4, -0.2) is 64.5 Å². The highest BCUT2D eigenvalue weighted by Crippen LogP contribution is 2.13. The summed E-state index contributed by atoms with van der Waals surface area (Å²) in [5.74, 6) is 1.90. The predicted molar refractivity (Wildman–Crippen MR) is 80.7 cm³/mol. The SMILES string of the molecule is Cc1nc2n(n1)C[C@H](NC[C@H](O)COC[C@H]1CCCO1)CC2. The van der Waals surface area contributed by atoms with Gasteiger partial charge in [-0.3, -0.25) is 0 Å². The quantitative estimate of drug-likeness (QED) is 0.740. The maximum absolute atomic E-state index is 9.99. The van der Waals surface area contributed by atoms with Gasteiger partial charge in [0.25, 0.3) is 0 Å². The third-order valence-corrected chi connectivity index (χ3v) is 4.24. The summed E-state index contributed by atoms with van der Waals surface area (Å²) in [7, 11) is 0. The molecule has 3 atom stereocenters. The highest BCUT2D eigenvalue weighted by Gasteiger charge is 2.21. The van der Waals surface area contributed by atoms with E-state index in [4.69, 9.17) is 9.47 Å². The minimum atomic E-state index is -0.486. The van der Waals surface area contributed by atoms with Crippen molar-refractivity contribution < 1.29 is 14.6 Å². The number of nitrogens with zero attached hydrogens (tertiary/aromatic N) is 3. The minimum absolute atomic E-state index is 0.215. The molecule has 22 heavy (non-hydrogen) atoms. The van der Waals surface area contributed by atoms with Crippen LogP contribution in [0.15, 0.2) is 0 Å². The summed E-state index contributed by atoms with van der Waals surface area (Å²) in [6.45, 7) is 5.06. The number of hydrogen-bond acceptors (Lipinski definition) is 6. The average Bonchev–Trinajstić information content (AvgIpc) is 3.12. The smallest absolute Gasteiger partial charge is 0.147 e. The van der Waals surface area contributed by atoms with Crippen LogP contribution in [0.1, 0.15) is 30.9 Å². The molecule has 7 heteroatoms. The van der Waals surface area contributed by atoms with Crippen LogP contribution in [0.4, 0.5) is 0 Å². The van der Waals surface area contributed by atoms with E-state index in [9.17, 15) is 5.11 Å². The lowest BCUT2D eigenvalue weighted by molar-refractivity contribution is -0.0171. The molecular formula is C15H26N4O3. The van der Waals surface area contributed by atoms with Crippen LogP contribution in [0.2, 0.25) is 0 Å². The van der Waals surface area contributed by atoms with Crippen LogP contribution in [0.5, 0.6) is 0 Å². The molecule has 0 bridgehead atoms. The summed E-state index contributed by atoms with van der Waals surface area (Å²) in [4.78, 5) is 4.40. The van der Waals surface area contributed by atoms with Crippen molar-refractivity contribution in [1.29, 1.82) is 0 Å². The maximum Gasteiger partial charge on any atom is 0.147 e. The summed E-state index contributed by atoms with van der Waals surface area (Å²) in [5.41, 5.74) is 0. The second-order valence-corrected chi connectivity index (χ2v) is 6.23. The van der Waals surface area contributed by atoms with Gasteiger partial charge in [0.1, 0.15) is 11.6 Å². The lowest BCUT2D eigenvalue weighted by atomic mass is 10.1. The number of rotatable bonds is 7. The van der Waals surface area contributed by atoms with Gasteiger partial charge in [0.15, 0.2) is 0 Å². The highest BCUT2D eigenvalue weighted by molar-refractivity contribution is 4.96. The van der Waals surface area contributed by atoms with E-state index in [1.54, 1.807) is 0 Å². The molecule has 1 fully saturated rings. The fourth-order valence-corrected chi connectivity index (χ4v) is 3.07. The van der Waals surface area contributed by atoms with Gasteiger partial charge < -0.3 is 19.9 Å². The summed E-state index contributed by atoms with van der Waals surface area (Å²) in [6, 6.07) is 0.335. The van der Waals surface area contributed by atoms with Crippen LogP contribution >= 0.6 is 0 Å². The van der Waals surface area contributed by atoms with Gasteiger partial charge in [0.2, 0.25) is 0 Å². The first-order chi connectivity index (χ1) is 10.7. The van der Waals surface area contributed by atoms with Gasteiger partial charge in [-0.15, -0.1) is 0 Å². The Labute approximate surface area is 131 Å². The molecular weight excluding hydrogens is 284 g/mol. The molecule has 2 aliphatic heterocycles. The number of nitrogens with one attached hydrogen (secondary N) is 1. The van der Waals surface area contributed by atoms with Gasteiger partial charge in [0.05, 0.1) is 32.0 Å². The third kappa shape index (κ3) is 4.25. The number of aliphatic hydroxyl groups is 1. The number of hydrogen-bond donors (Lipinski definition) is 2. The second-order valence-electron chi connectivity index (χ2n) is 6.23. The number of aromatic nitrogens is 3. The van der Waals surface area contributed by atoms with E-state index in [-0.39, 0.29) is 6.10 Å². The standard InChI is InChI=1S/C15H26N4O3/c1-11-17-15-5-4-12(8-19(15)18-11)16-7-13(20)9-21-10-14-3-2-6-22-14/h12-14,16,20H,2-10H2,1H3/t12-,13+,14-/m1/s1. The van der Waals surface area contributed by atoms with Crippen LogP contribution in [0.25, 0.3) is 0 Å². The molecule has 3 rings (SSSR count). The molecule has 2 aliphatic rings. The Balaban J connectivity index is 1.32. The summed E-state index contributed by atoms with van der Waals surface area (Å²) in [5, 5.41) is 17.8. The molecule has 7 nitrogen and oxygen atoms in total. The molecule has 1 aromatic heterocycles. The lowest BCUT2D eigenvalue weighted by Gasteiger charge is -2.25. The molecule has 0 radical (unpaired) electrons. The van der Waals surface area contributed by atoms with Crippen molar-refractivity contribution in [3.8, 4) is 0 Å². The first-order valence-electron chi connectivity index (χ1n) is 8.22. The molecule has 0 aromatic carbocycles. The molecule has 3 heterocycles. The van der Waals surface area contributed by atoms with Gasteiger partial charge in [-0.1, -0.05) is 0 Å².